The molecule has 9 nitrogen and oxygen atoms in total. The van der Waals surface area contributed by atoms with E-state index < -0.39 is 0 Å². The quantitative estimate of drug-likeness (QED) is 0.543. The number of H-pyrrole nitrogens is 1. The second kappa shape index (κ2) is 8.81. The number of carbonyl (C=O) groups excluding carboxylic acids is 1. The van der Waals surface area contributed by atoms with E-state index in [-0.39, 0.29) is 30.3 Å². The number of rotatable bonds is 7. The molecule has 3 rings (SSSR count). The lowest BCUT2D eigenvalue weighted by atomic mass is 10.1. The third kappa shape index (κ3) is 4.68. The lowest BCUT2D eigenvalue weighted by Gasteiger charge is -2.08. The van der Waals surface area contributed by atoms with Crippen molar-refractivity contribution in [1.82, 2.24) is 20.3 Å². The van der Waals surface area contributed by atoms with Gasteiger partial charge in [0.25, 0.3) is 0 Å². The molecule has 0 aliphatic carbocycles. The Labute approximate surface area is 173 Å². The summed E-state index contributed by atoms with van der Waals surface area (Å²) in [5.41, 5.74) is 3.10. The van der Waals surface area contributed by atoms with Crippen molar-refractivity contribution in [3.63, 3.8) is 0 Å². The number of methoxy groups -OCH3 is 1. The van der Waals surface area contributed by atoms with Crippen LogP contribution in [0.5, 0.6) is 11.5 Å². The van der Waals surface area contributed by atoms with Crippen LogP contribution in [0.4, 0.5) is 0 Å². The van der Waals surface area contributed by atoms with Gasteiger partial charge in [-0.15, -0.1) is 0 Å². The summed E-state index contributed by atoms with van der Waals surface area (Å²) in [6.07, 6.45) is 0.734. The molecule has 0 unspecified atom stereocenters. The number of carbonyl (C=O) groups is 1. The molecule has 1 amide bonds. The molecule has 0 fully saturated rings. The van der Waals surface area contributed by atoms with Gasteiger partial charge in [0.1, 0.15) is 11.5 Å². The Bertz CT molecular complexity index is 1110. The zero-order valence-electron chi connectivity index (χ0n) is 17.3. The zero-order valence-corrected chi connectivity index (χ0v) is 17.3. The first kappa shape index (κ1) is 21.1. The number of benzene rings is 1. The molecular weight excluding hydrogens is 388 g/mol. The Morgan fingerprint density at radius 2 is 2.03 bits per heavy atom. The molecule has 2 heterocycles. The minimum Gasteiger partial charge on any atom is -0.504 e. The third-order valence-corrected chi connectivity index (χ3v) is 4.83. The molecule has 1 aromatic carbocycles. The summed E-state index contributed by atoms with van der Waals surface area (Å²) in [4.78, 5) is 34.6. The smallest absolute Gasteiger partial charge is 0.345 e. The predicted molar refractivity (Wildman–Crippen MR) is 109 cm³/mol. The minimum absolute atomic E-state index is 0.0279. The number of aryl methyl sites for hydroxylation is 3. The summed E-state index contributed by atoms with van der Waals surface area (Å²) < 4.78 is 10.8. The molecular formula is C21H24N4O5. The number of aromatic nitrogens is 3. The molecule has 0 aliphatic heterocycles. The van der Waals surface area contributed by atoms with Gasteiger partial charge < -0.3 is 24.6 Å². The van der Waals surface area contributed by atoms with Gasteiger partial charge in [-0.2, -0.15) is 4.98 Å². The number of oxazole rings is 1. The van der Waals surface area contributed by atoms with Crippen molar-refractivity contribution >= 4 is 5.91 Å². The van der Waals surface area contributed by atoms with E-state index in [1.54, 1.807) is 32.9 Å². The summed E-state index contributed by atoms with van der Waals surface area (Å²) in [5.74, 6) is 1.17. The Morgan fingerprint density at radius 1 is 1.27 bits per heavy atom. The number of hydrogen-bond acceptors (Lipinski definition) is 7. The molecule has 2 aromatic heterocycles. The lowest BCUT2D eigenvalue weighted by molar-refractivity contribution is -0.121. The maximum atomic E-state index is 12.3. The van der Waals surface area contributed by atoms with Gasteiger partial charge in [0.2, 0.25) is 11.8 Å². The number of nitrogens with one attached hydrogen (secondary N) is 2. The van der Waals surface area contributed by atoms with Crippen LogP contribution in [0.2, 0.25) is 0 Å². The van der Waals surface area contributed by atoms with E-state index in [1.165, 1.54) is 13.2 Å². The van der Waals surface area contributed by atoms with Crippen molar-refractivity contribution < 1.29 is 19.1 Å². The van der Waals surface area contributed by atoms with Crippen LogP contribution in [0.15, 0.2) is 27.4 Å². The molecule has 9 heteroatoms. The van der Waals surface area contributed by atoms with E-state index >= 15 is 0 Å². The summed E-state index contributed by atoms with van der Waals surface area (Å²) in [6.45, 7) is 5.55. The predicted octanol–water partition coefficient (Wildman–Crippen LogP) is 2.31. The molecule has 0 radical (unpaired) electrons. The molecule has 30 heavy (non-hydrogen) atoms. The van der Waals surface area contributed by atoms with Crippen molar-refractivity contribution in [1.29, 1.82) is 0 Å². The van der Waals surface area contributed by atoms with Crippen LogP contribution in [0, 0.1) is 20.8 Å². The van der Waals surface area contributed by atoms with Crippen LogP contribution in [0.1, 0.15) is 34.8 Å². The van der Waals surface area contributed by atoms with Gasteiger partial charge in [-0.3, -0.25) is 4.79 Å². The van der Waals surface area contributed by atoms with Gasteiger partial charge in [-0.1, -0.05) is 0 Å². The van der Waals surface area contributed by atoms with Gasteiger partial charge in [-0.05, 0) is 51.0 Å². The number of hydrogen-bond donors (Lipinski definition) is 3. The van der Waals surface area contributed by atoms with Gasteiger partial charge in [0, 0.05) is 23.4 Å². The van der Waals surface area contributed by atoms with Crippen LogP contribution < -0.4 is 15.7 Å². The molecule has 0 saturated carbocycles. The third-order valence-electron chi connectivity index (χ3n) is 4.83. The minimum atomic E-state index is -0.387. The number of aromatic amines is 1. The zero-order chi connectivity index (χ0) is 21.8. The highest BCUT2D eigenvalue weighted by molar-refractivity contribution is 5.76. The molecule has 0 aliphatic rings. The fourth-order valence-electron chi connectivity index (χ4n) is 3.16. The Hall–Kier alpha value is -3.62. The van der Waals surface area contributed by atoms with Crippen molar-refractivity contribution in [2.24, 2.45) is 0 Å². The molecule has 0 saturated heterocycles. The lowest BCUT2D eigenvalue weighted by Crippen LogP contribution is -2.24. The first-order valence-electron chi connectivity index (χ1n) is 9.45. The van der Waals surface area contributed by atoms with Gasteiger partial charge in [-0.25, -0.2) is 9.78 Å². The second-order valence-electron chi connectivity index (χ2n) is 6.92. The summed E-state index contributed by atoms with van der Waals surface area (Å²) in [7, 11) is 1.47. The maximum absolute atomic E-state index is 12.3. The molecule has 0 atom stereocenters. The maximum Gasteiger partial charge on any atom is 0.345 e. The number of phenols is 1. The average molecular weight is 412 g/mol. The van der Waals surface area contributed by atoms with Crippen LogP contribution in [0.25, 0.3) is 11.5 Å². The molecule has 158 valence electrons. The van der Waals surface area contributed by atoms with Gasteiger partial charge in [0.05, 0.1) is 13.7 Å². The first-order chi connectivity index (χ1) is 14.3. The number of nitrogens with zero attached hydrogens (tertiary/aromatic N) is 2. The van der Waals surface area contributed by atoms with E-state index in [0.717, 1.165) is 11.3 Å². The summed E-state index contributed by atoms with van der Waals surface area (Å²) in [6, 6.07) is 4.81. The average Bonchev–Trinajstić information content (AvgIpc) is 3.06. The monoisotopic (exact) mass is 412 g/mol. The Kier molecular flexibility index (Phi) is 6.20. The fourth-order valence-corrected chi connectivity index (χ4v) is 3.16. The van der Waals surface area contributed by atoms with Crippen molar-refractivity contribution in [3.05, 3.63) is 57.1 Å². The van der Waals surface area contributed by atoms with Crippen LogP contribution in [0.3, 0.4) is 0 Å². The SMILES string of the molecule is COc1cc(-c2nc(CNC(=O)CCc3c(C)nc(=O)[nH]c3C)c(C)o2)ccc1O. The second-order valence-corrected chi connectivity index (χ2v) is 6.92. The van der Waals surface area contributed by atoms with Crippen LogP contribution >= 0.6 is 0 Å². The van der Waals surface area contributed by atoms with E-state index in [0.29, 0.717) is 40.8 Å². The highest BCUT2D eigenvalue weighted by atomic mass is 16.5. The topological polar surface area (TPSA) is 130 Å². The van der Waals surface area contributed by atoms with E-state index in [9.17, 15) is 14.7 Å². The molecule has 0 bridgehead atoms. The van der Waals surface area contributed by atoms with Crippen molar-refractivity contribution in [3.8, 4) is 23.0 Å². The van der Waals surface area contributed by atoms with Crippen molar-refractivity contribution in [2.45, 2.75) is 40.2 Å². The van der Waals surface area contributed by atoms with Crippen molar-refractivity contribution in [2.75, 3.05) is 7.11 Å². The highest BCUT2D eigenvalue weighted by Crippen LogP contribution is 2.31. The number of ether oxygens (including phenoxy) is 1. The van der Waals surface area contributed by atoms with Crippen LogP contribution in [-0.4, -0.2) is 33.1 Å². The Morgan fingerprint density at radius 3 is 2.73 bits per heavy atom. The van der Waals surface area contributed by atoms with Crippen LogP contribution in [-0.2, 0) is 17.8 Å². The standard InChI is InChI=1S/C21H24N4O5/c1-11-15(12(2)24-21(28)23-11)6-8-19(27)22-10-16-13(3)30-20(25-16)14-5-7-17(26)18(9-14)29-4/h5,7,9,26H,6,8,10H2,1-4H3,(H,22,27)(H,23,24,28). The number of aromatic hydroxyl groups is 1. The van der Waals surface area contributed by atoms with E-state index in [2.05, 4.69) is 20.3 Å². The largest absolute Gasteiger partial charge is 0.504 e. The highest BCUT2D eigenvalue weighted by Gasteiger charge is 2.15. The summed E-state index contributed by atoms with van der Waals surface area (Å²) >= 11 is 0. The Balaban J connectivity index is 1.62. The summed E-state index contributed by atoms with van der Waals surface area (Å²) in [5, 5.41) is 12.6. The number of phenolic OH excluding ortho intramolecular Hbond substituents is 1. The fraction of sp³-hybridized carbons (Fsp3) is 0.333. The van der Waals surface area contributed by atoms with Gasteiger partial charge >= 0.3 is 5.69 Å². The molecule has 3 aromatic rings. The first-order valence-corrected chi connectivity index (χ1v) is 9.45. The van der Waals surface area contributed by atoms with E-state index in [4.69, 9.17) is 9.15 Å². The number of amides is 1. The van der Waals surface area contributed by atoms with E-state index in [1.807, 2.05) is 0 Å². The molecule has 3 N–H and O–H groups in total. The molecule has 0 spiro atoms. The normalized spacial score (nSPS) is 10.8. The van der Waals surface area contributed by atoms with Gasteiger partial charge in [0.15, 0.2) is 11.5 Å².